The molecular weight excluding hydrogens is 500 g/mol. The molecule has 0 heterocycles. The molecule has 5 nitrogen and oxygen atoms in total. The second-order valence-corrected chi connectivity index (χ2v) is 7.89. The van der Waals surface area contributed by atoms with Gasteiger partial charge in [-0.3, -0.25) is 4.79 Å². The van der Waals surface area contributed by atoms with Crippen LogP contribution in [0.15, 0.2) is 80.8 Å². The van der Waals surface area contributed by atoms with Crippen LogP contribution in [-0.4, -0.2) is 18.1 Å². The lowest BCUT2D eigenvalue weighted by Crippen LogP contribution is -2.18. The number of rotatable bonds is 5. The number of esters is 1. The Hall–Kier alpha value is -2.77. The molecule has 1 amide bonds. The van der Waals surface area contributed by atoms with E-state index in [-0.39, 0.29) is 5.91 Å². The minimum absolute atomic E-state index is 0.332. The molecule has 3 rings (SSSR count). The standard InChI is InChI=1S/C22H16Br2N2O3/c1-14-5-4-6-15(11-14)22(28)29-20-10-9-17(23)12-16(20)13-25-26-21(27)18-7-2-3-8-19(18)24/h2-13H,1H3,(H,26,27). The minimum atomic E-state index is -0.470. The second kappa shape index (κ2) is 9.62. The number of ether oxygens (including phenoxy) is 1. The summed E-state index contributed by atoms with van der Waals surface area (Å²) in [5.41, 5.74) is 4.89. The third-order valence-electron chi connectivity index (χ3n) is 3.92. The number of hydrazone groups is 1. The molecule has 0 saturated carbocycles. The van der Waals surface area contributed by atoms with Crippen LogP contribution in [-0.2, 0) is 0 Å². The van der Waals surface area contributed by atoms with E-state index >= 15 is 0 Å². The lowest BCUT2D eigenvalue weighted by molar-refractivity contribution is 0.0734. The molecule has 0 aliphatic rings. The Morgan fingerprint density at radius 2 is 1.79 bits per heavy atom. The molecule has 0 aromatic heterocycles. The van der Waals surface area contributed by atoms with E-state index in [0.717, 1.165) is 10.0 Å². The Labute approximate surface area is 185 Å². The molecule has 3 aromatic carbocycles. The van der Waals surface area contributed by atoms with Crippen LogP contribution in [0.2, 0.25) is 0 Å². The number of halogens is 2. The van der Waals surface area contributed by atoms with Gasteiger partial charge in [-0.1, -0.05) is 45.8 Å². The summed E-state index contributed by atoms with van der Waals surface area (Å²) in [6, 6.07) is 19.4. The molecule has 1 N–H and O–H groups in total. The summed E-state index contributed by atoms with van der Waals surface area (Å²) in [4.78, 5) is 24.7. The zero-order valence-corrected chi connectivity index (χ0v) is 18.5. The zero-order chi connectivity index (χ0) is 20.8. The molecule has 0 aliphatic carbocycles. The van der Waals surface area contributed by atoms with Gasteiger partial charge in [-0.15, -0.1) is 0 Å². The van der Waals surface area contributed by atoms with Crippen molar-refractivity contribution >= 4 is 50.0 Å². The third kappa shape index (κ3) is 5.62. The van der Waals surface area contributed by atoms with Crippen molar-refractivity contribution in [2.45, 2.75) is 6.92 Å². The van der Waals surface area contributed by atoms with Crippen LogP contribution in [0.4, 0.5) is 0 Å². The fraction of sp³-hybridized carbons (Fsp3) is 0.0455. The van der Waals surface area contributed by atoms with Gasteiger partial charge in [0.05, 0.1) is 17.3 Å². The monoisotopic (exact) mass is 514 g/mol. The van der Waals surface area contributed by atoms with E-state index in [2.05, 4.69) is 42.4 Å². The molecule has 0 bridgehead atoms. The highest BCUT2D eigenvalue weighted by atomic mass is 79.9. The van der Waals surface area contributed by atoms with Gasteiger partial charge in [0.25, 0.3) is 5.91 Å². The van der Waals surface area contributed by atoms with Crippen LogP contribution in [0, 0.1) is 6.92 Å². The van der Waals surface area contributed by atoms with Crippen LogP contribution >= 0.6 is 31.9 Å². The van der Waals surface area contributed by atoms with Gasteiger partial charge in [-0.2, -0.15) is 5.10 Å². The number of carbonyl (C=O) groups is 2. The molecule has 0 atom stereocenters. The molecule has 0 radical (unpaired) electrons. The second-order valence-electron chi connectivity index (χ2n) is 6.12. The quantitative estimate of drug-likeness (QED) is 0.211. The minimum Gasteiger partial charge on any atom is -0.422 e. The van der Waals surface area contributed by atoms with Crippen LogP contribution in [0.25, 0.3) is 0 Å². The van der Waals surface area contributed by atoms with Crippen molar-refractivity contribution in [1.82, 2.24) is 5.43 Å². The Bertz CT molecular complexity index is 1100. The van der Waals surface area contributed by atoms with Gasteiger partial charge in [-0.05, 0) is 65.3 Å². The van der Waals surface area contributed by atoms with Crippen LogP contribution in [0.1, 0.15) is 31.8 Å². The molecule has 0 spiro atoms. The Balaban J connectivity index is 1.76. The number of benzene rings is 3. The topological polar surface area (TPSA) is 67.8 Å². The first-order chi connectivity index (χ1) is 13.9. The highest BCUT2D eigenvalue weighted by Crippen LogP contribution is 2.23. The highest BCUT2D eigenvalue weighted by Gasteiger charge is 2.12. The fourth-order valence-electron chi connectivity index (χ4n) is 2.51. The fourth-order valence-corrected chi connectivity index (χ4v) is 3.35. The van der Waals surface area contributed by atoms with E-state index in [1.54, 1.807) is 54.6 Å². The first-order valence-corrected chi connectivity index (χ1v) is 10.2. The first-order valence-electron chi connectivity index (χ1n) is 8.60. The normalized spacial score (nSPS) is 10.7. The zero-order valence-electron chi connectivity index (χ0n) is 15.4. The smallest absolute Gasteiger partial charge is 0.343 e. The van der Waals surface area contributed by atoms with Crippen molar-refractivity contribution < 1.29 is 14.3 Å². The molecule has 0 saturated heterocycles. The SMILES string of the molecule is Cc1cccc(C(=O)Oc2ccc(Br)cc2C=NNC(=O)c2ccccc2Br)c1. The van der Waals surface area contributed by atoms with E-state index in [9.17, 15) is 9.59 Å². The average Bonchev–Trinajstić information content (AvgIpc) is 2.70. The van der Waals surface area contributed by atoms with Crippen LogP contribution < -0.4 is 10.2 Å². The van der Waals surface area contributed by atoms with E-state index < -0.39 is 5.97 Å². The van der Waals surface area contributed by atoms with Crippen molar-refractivity contribution in [1.29, 1.82) is 0 Å². The summed E-state index contributed by atoms with van der Waals surface area (Å²) in [6.07, 6.45) is 1.43. The predicted octanol–water partition coefficient (Wildman–Crippen LogP) is 5.50. The van der Waals surface area contributed by atoms with Crippen molar-refractivity contribution in [3.05, 3.63) is 97.9 Å². The van der Waals surface area contributed by atoms with Gasteiger partial charge < -0.3 is 4.74 Å². The molecule has 0 unspecified atom stereocenters. The number of carbonyl (C=O) groups excluding carboxylic acids is 2. The van der Waals surface area contributed by atoms with Crippen molar-refractivity contribution in [3.8, 4) is 5.75 Å². The van der Waals surface area contributed by atoms with Crippen LogP contribution in [0.5, 0.6) is 5.75 Å². The summed E-state index contributed by atoms with van der Waals surface area (Å²) in [6.45, 7) is 1.91. The summed E-state index contributed by atoms with van der Waals surface area (Å²) >= 11 is 6.72. The summed E-state index contributed by atoms with van der Waals surface area (Å²) in [5.74, 6) is -0.497. The van der Waals surface area contributed by atoms with E-state index in [1.165, 1.54) is 6.21 Å². The summed E-state index contributed by atoms with van der Waals surface area (Å²) < 4.78 is 6.98. The van der Waals surface area contributed by atoms with Gasteiger partial charge in [0.2, 0.25) is 0 Å². The van der Waals surface area contributed by atoms with Crippen molar-refractivity contribution in [2.75, 3.05) is 0 Å². The van der Waals surface area contributed by atoms with Gasteiger partial charge in [0.1, 0.15) is 5.75 Å². The molecule has 0 aliphatic heterocycles. The Morgan fingerprint density at radius 3 is 2.55 bits per heavy atom. The van der Waals surface area contributed by atoms with Crippen molar-refractivity contribution in [2.24, 2.45) is 5.10 Å². The first kappa shape index (κ1) is 21.0. The molecular formula is C22H16Br2N2O3. The van der Waals surface area contributed by atoms with Crippen LogP contribution in [0.3, 0.4) is 0 Å². The van der Waals surface area contributed by atoms with Gasteiger partial charge in [-0.25, -0.2) is 10.2 Å². The average molecular weight is 516 g/mol. The summed E-state index contributed by atoms with van der Waals surface area (Å²) in [7, 11) is 0. The third-order valence-corrected chi connectivity index (χ3v) is 5.10. The highest BCUT2D eigenvalue weighted by molar-refractivity contribution is 9.10. The number of nitrogens with one attached hydrogen (secondary N) is 1. The number of aryl methyl sites for hydroxylation is 1. The maximum atomic E-state index is 12.5. The van der Waals surface area contributed by atoms with Gasteiger partial charge in [0, 0.05) is 14.5 Å². The molecule has 3 aromatic rings. The lowest BCUT2D eigenvalue weighted by Gasteiger charge is -2.08. The maximum absolute atomic E-state index is 12.5. The van der Waals surface area contributed by atoms with E-state index in [1.807, 2.05) is 19.1 Å². The lowest BCUT2D eigenvalue weighted by atomic mass is 10.1. The molecule has 29 heavy (non-hydrogen) atoms. The maximum Gasteiger partial charge on any atom is 0.343 e. The Morgan fingerprint density at radius 1 is 1.00 bits per heavy atom. The van der Waals surface area contributed by atoms with Crippen molar-refractivity contribution in [3.63, 3.8) is 0 Å². The number of amides is 1. The van der Waals surface area contributed by atoms with Gasteiger partial charge in [0.15, 0.2) is 0 Å². The Kier molecular flexibility index (Phi) is 6.95. The molecule has 146 valence electrons. The van der Waals surface area contributed by atoms with E-state index in [4.69, 9.17) is 4.74 Å². The molecule has 7 heteroatoms. The number of hydrogen-bond acceptors (Lipinski definition) is 4. The number of hydrogen-bond donors (Lipinski definition) is 1. The summed E-state index contributed by atoms with van der Waals surface area (Å²) in [5, 5.41) is 4.00. The number of nitrogens with zero attached hydrogens (tertiary/aromatic N) is 1. The van der Waals surface area contributed by atoms with Gasteiger partial charge >= 0.3 is 5.97 Å². The largest absolute Gasteiger partial charge is 0.422 e. The predicted molar refractivity (Wildman–Crippen MR) is 119 cm³/mol. The molecule has 0 fully saturated rings. The van der Waals surface area contributed by atoms with E-state index in [0.29, 0.717) is 26.9 Å².